The molecule has 4 rings (SSSR count). The summed E-state index contributed by atoms with van der Waals surface area (Å²) in [6.07, 6.45) is 0. The van der Waals surface area contributed by atoms with E-state index in [0.29, 0.717) is 34.6 Å². The van der Waals surface area contributed by atoms with Crippen molar-refractivity contribution in [2.24, 2.45) is 0 Å². The summed E-state index contributed by atoms with van der Waals surface area (Å²) in [5.74, 6) is 1.72. The number of hydrogen-bond acceptors (Lipinski definition) is 5. The van der Waals surface area contributed by atoms with Crippen LogP contribution in [0.3, 0.4) is 0 Å². The molecule has 1 aromatic heterocycles. The molecule has 0 fully saturated rings. The van der Waals surface area contributed by atoms with E-state index in [1.807, 2.05) is 36.4 Å². The summed E-state index contributed by atoms with van der Waals surface area (Å²) in [6, 6.07) is 18.7. The number of rotatable bonds is 7. The largest absolute Gasteiger partial charge is 0.495 e. The first-order chi connectivity index (χ1) is 15.4. The Morgan fingerprint density at radius 3 is 2.59 bits per heavy atom. The lowest BCUT2D eigenvalue weighted by molar-refractivity contribution is -0.118. The van der Waals surface area contributed by atoms with Crippen LogP contribution in [-0.2, 0) is 4.79 Å². The molecule has 0 saturated heterocycles. The fourth-order valence-corrected chi connectivity index (χ4v) is 3.50. The molecule has 0 radical (unpaired) electrons. The monoisotopic (exact) mass is 494 g/mol. The van der Waals surface area contributed by atoms with E-state index in [2.05, 4.69) is 40.1 Å². The van der Waals surface area contributed by atoms with E-state index in [1.54, 1.807) is 31.4 Å². The Bertz CT molecular complexity index is 1250. The van der Waals surface area contributed by atoms with Crippen LogP contribution in [0.25, 0.3) is 22.6 Å². The SMILES string of the molecule is COc1ccc(-c2nc3cc(C(C)C)ccc3o2)cc1NC(=O)COc1ccc(Br)cc1. The van der Waals surface area contributed by atoms with Crippen molar-refractivity contribution in [1.82, 2.24) is 4.98 Å². The Labute approximate surface area is 194 Å². The van der Waals surface area contributed by atoms with Gasteiger partial charge in [-0.3, -0.25) is 4.79 Å². The molecule has 1 amide bonds. The summed E-state index contributed by atoms with van der Waals surface area (Å²) >= 11 is 3.37. The van der Waals surface area contributed by atoms with Gasteiger partial charge in [-0.05, 0) is 66.1 Å². The van der Waals surface area contributed by atoms with E-state index < -0.39 is 0 Å². The average Bonchev–Trinajstić information content (AvgIpc) is 3.22. The molecule has 0 saturated carbocycles. The summed E-state index contributed by atoms with van der Waals surface area (Å²) in [5.41, 5.74) is 3.96. The average molecular weight is 495 g/mol. The zero-order valence-electron chi connectivity index (χ0n) is 18.0. The standard InChI is InChI=1S/C25H23BrN2O4/c1-15(2)16-4-11-23-21(12-16)28-25(32-23)17-5-10-22(30-3)20(13-17)27-24(29)14-31-19-8-6-18(26)7-9-19/h4-13,15H,14H2,1-3H3,(H,27,29). The molecule has 0 bridgehead atoms. The van der Waals surface area contributed by atoms with E-state index >= 15 is 0 Å². The third kappa shape index (κ3) is 4.94. The molecule has 0 aliphatic heterocycles. The maximum Gasteiger partial charge on any atom is 0.262 e. The van der Waals surface area contributed by atoms with Crippen molar-refractivity contribution < 1.29 is 18.7 Å². The van der Waals surface area contributed by atoms with E-state index in [-0.39, 0.29) is 12.5 Å². The second-order valence-electron chi connectivity index (χ2n) is 7.61. The highest BCUT2D eigenvalue weighted by Gasteiger charge is 2.14. The summed E-state index contributed by atoms with van der Waals surface area (Å²) in [5, 5.41) is 2.84. The van der Waals surface area contributed by atoms with Gasteiger partial charge in [-0.2, -0.15) is 0 Å². The highest BCUT2D eigenvalue weighted by atomic mass is 79.9. The van der Waals surface area contributed by atoms with Gasteiger partial charge in [-0.25, -0.2) is 4.98 Å². The lowest BCUT2D eigenvalue weighted by Gasteiger charge is -2.12. The maximum absolute atomic E-state index is 12.5. The van der Waals surface area contributed by atoms with Gasteiger partial charge in [0.1, 0.15) is 17.0 Å². The second kappa shape index (κ2) is 9.44. The molecule has 3 aromatic carbocycles. The molecule has 0 aliphatic rings. The predicted octanol–water partition coefficient (Wildman–Crippen LogP) is 6.41. The quantitative estimate of drug-likeness (QED) is 0.321. The molecule has 4 aromatic rings. The fourth-order valence-electron chi connectivity index (χ4n) is 3.23. The number of benzene rings is 3. The molecular formula is C25H23BrN2O4. The molecule has 164 valence electrons. The number of anilines is 1. The number of aromatic nitrogens is 1. The third-order valence-electron chi connectivity index (χ3n) is 4.98. The van der Waals surface area contributed by atoms with Crippen LogP contribution < -0.4 is 14.8 Å². The van der Waals surface area contributed by atoms with Gasteiger partial charge >= 0.3 is 0 Å². The molecule has 0 spiro atoms. The predicted molar refractivity (Wildman–Crippen MR) is 128 cm³/mol. The van der Waals surface area contributed by atoms with Gasteiger partial charge in [-0.1, -0.05) is 35.8 Å². The molecular weight excluding hydrogens is 472 g/mol. The molecule has 7 heteroatoms. The van der Waals surface area contributed by atoms with Gasteiger partial charge in [0.25, 0.3) is 5.91 Å². The maximum atomic E-state index is 12.5. The number of ether oxygens (including phenoxy) is 2. The zero-order valence-corrected chi connectivity index (χ0v) is 19.6. The van der Waals surface area contributed by atoms with E-state index in [0.717, 1.165) is 15.6 Å². The van der Waals surface area contributed by atoms with Crippen molar-refractivity contribution in [1.29, 1.82) is 0 Å². The molecule has 1 N–H and O–H groups in total. The van der Waals surface area contributed by atoms with Crippen molar-refractivity contribution in [3.05, 3.63) is 70.7 Å². The van der Waals surface area contributed by atoms with Gasteiger partial charge in [0.15, 0.2) is 12.2 Å². The first-order valence-electron chi connectivity index (χ1n) is 10.2. The summed E-state index contributed by atoms with van der Waals surface area (Å²) in [6.45, 7) is 4.15. The molecule has 1 heterocycles. The normalized spacial score (nSPS) is 11.0. The Hall–Kier alpha value is -3.32. The van der Waals surface area contributed by atoms with Gasteiger partial charge in [0.05, 0.1) is 12.8 Å². The summed E-state index contributed by atoms with van der Waals surface area (Å²) in [7, 11) is 1.55. The lowest BCUT2D eigenvalue weighted by atomic mass is 10.0. The molecule has 6 nitrogen and oxygen atoms in total. The number of methoxy groups -OCH3 is 1. The van der Waals surface area contributed by atoms with Crippen LogP contribution in [-0.4, -0.2) is 24.6 Å². The molecule has 0 atom stereocenters. The molecule has 0 aliphatic carbocycles. The van der Waals surface area contributed by atoms with Crippen molar-refractivity contribution in [2.45, 2.75) is 19.8 Å². The van der Waals surface area contributed by atoms with E-state index in [9.17, 15) is 4.79 Å². The number of amides is 1. The number of hydrogen-bond donors (Lipinski definition) is 1. The highest BCUT2D eigenvalue weighted by molar-refractivity contribution is 9.10. The van der Waals surface area contributed by atoms with E-state index in [1.165, 1.54) is 5.56 Å². The minimum Gasteiger partial charge on any atom is -0.495 e. The first-order valence-corrected chi connectivity index (χ1v) is 11.0. The van der Waals surface area contributed by atoms with E-state index in [4.69, 9.17) is 13.9 Å². The van der Waals surface area contributed by atoms with Crippen LogP contribution >= 0.6 is 15.9 Å². The topological polar surface area (TPSA) is 73.6 Å². The molecule has 32 heavy (non-hydrogen) atoms. The minimum absolute atomic E-state index is 0.129. The van der Waals surface area contributed by atoms with Crippen LogP contribution in [0, 0.1) is 0 Å². The number of carbonyl (C=O) groups excluding carboxylic acids is 1. The number of nitrogens with zero attached hydrogens (tertiary/aromatic N) is 1. The van der Waals surface area contributed by atoms with Gasteiger partial charge in [0.2, 0.25) is 5.89 Å². The summed E-state index contributed by atoms with van der Waals surface area (Å²) in [4.78, 5) is 17.1. The number of oxazole rings is 1. The van der Waals surface area contributed by atoms with Gasteiger partial charge < -0.3 is 19.2 Å². The van der Waals surface area contributed by atoms with Crippen molar-refractivity contribution in [3.8, 4) is 23.0 Å². The minimum atomic E-state index is -0.303. The third-order valence-corrected chi connectivity index (χ3v) is 5.51. The number of carbonyl (C=O) groups is 1. The van der Waals surface area contributed by atoms with Crippen molar-refractivity contribution in [2.75, 3.05) is 19.0 Å². The van der Waals surface area contributed by atoms with Gasteiger partial charge in [-0.15, -0.1) is 0 Å². The highest BCUT2D eigenvalue weighted by Crippen LogP contribution is 2.32. The van der Waals surface area contributed by atoms with Crippen LogP contribution in [0.5, 0.6) is 11.5 Å². The Balaban J connectivity index is 1.53. The molecule has 0 unspecified atom stereocenters. The summed E-state index contributed by atoms with van der Waals surface area (Å²) < 4.78 is 17.8. The Morgan fingerprint density at radius 1 is 1.09 bits per heavy atom. The smallest absolute Gasteiger partial charge is 0.262 e. The number of fused-ring (bicyclic) bond motifs is 1. The van der Waals surface area contributed by atoms with Crippen LogP contribution in [0.15, 0.2) is 69.6 Å². The van der Waals surface area contributed by atoms with Crippen LogP contribution in [0.4, 0.5) is 5.69 Å². The van der Waals surface area contributed by atoms with Crippen LogP contribution in [0.1, 0.15) is 25.3 Å². The lowest BCUT2D eigenvalue weighted by Crippen LogP contribution is -2.20. The Morgan fingerprint density at radius 2 is 1.88 bits per heavy atom. The Kier molecular flexibility index (Phi) is 6.46. The number of halogens is 1. The van der Waals surface area contributed by atoms with Crippen molar-refractivity contribution in [3.63, 3.8) is 0 Å². The number of nitrogens with one attached hydrogen (secondary N) is 1. The van der Waals surface area contributed by atoms with Gasteiger partial charge in [0, 0.05) is 10.0 Å². The zero-order chi connectivity index (χ0) is 22.7. The van der Waals surface area contributed by atoms with Crippen molar-refractivity contribution >= 4 is 38.6 Å². The van der Waals surface area contributed by atoms with Crippen LogP contribution in [0.2, 0.25) is 0 Å². The first kappa shape index (κ1) is 21.9. The fraction of sp³-hybridized carbons (Fsp3) is 0.200. The second-order valence-corrected chi connectivity index (χ2v) is 8.52.